The summed E-state index contributed by atoms with van der Waals surface area (Å²) in [4.78, 5) is 2.42. The molecule has 0 radical (unpaired) electrons. The molecule has 8 heteroatoms. The fourth-order valence-electron chi connectivity index (χ4n) is 2.33. The second-order valence-corrected chi connectivity index (χ2v) is 7.84. The monoisotopic (exact) mass is 426 g/mol. The van der Waals surface area contributed by atoms with Crippen molar-refractivity contribution < 1.29 is 17.9 Å². The van der Waals surface area contributed by atoms with E-state index in [4.69, 9.17) is 9.47 Å². The number of methoxy groups -OCH3 is 2. The standard InChI is InChI=1S/C17H19BrN2O4S/c1-11-5-6-16(12(2)7-11)25(21,22)20-19-10-13-8-14(18)17(24-4)15(9-13)23-3/h5-10,20H,1-4H3/b19-10+. The lowest BCUT2D eigenvalue weighted by Crippen LogP contribution is -2.19. The van der Waals surface area contributed by atoms with Gasteiger partial charge in [-0.2, -0.15) is 13.5 Å². The quantitative estimate of drug-likeness (QED) is 0.567. The zero-order chi connectivity index (χ0) is 18.6. The molecule has 0 fully saturated rings. The molecule has 2 aromatic carbocycles. The average Bonchev–Trinajstić information content (AvgIpc) is 2.53. The first kappa shape index (κ1) is 19.3. The molecule has 0 aromatic heterocycles. The molecule has 0 aliphatic heterocycles. The summed E-state index contributed by atoms with van der Waals surface area (Å²) in [7, 11) is -0.674. The molecular weight excluding hydrogens is 408 g/mol. The third-order valence-electron chi connectivity index (χ3n) is 3.46. The fourth-order valence-corrected chi connectivity index (χ4v) is 3.97. The van der Waals surface area contributed by atoms with Crippen molar-refractivity contribution in [2.75, 3.05) is 14.2 Å². The number of nitrogens with zero attached hydrogens (tertiary/aromatic N) is 1. The largest absolute Gasteiger partial charge is 0.493 e. The number of nitrogens with one attached hydrogen (secondary N) is 1. The van der Waals surface area contributed by atoms with Crippen molar-refractivity contribution >= 4 is 32.2 Å². The summed E-state index contributed by atoms with van der Waals surface area (Å²) in [6, 6.07) is 8.56. The van der Waals surface area contributed by atoms with Crippen LogP contribution in [0, 0.1) is 13.8 Å². The first-order valence-corrected chi connectivity index (χ1v) is 9.59. The molecule has 134 valence electrons. The highest BCUT2D eigenvalue weighted by Crippen LogP contribution is 2.35. The molecule has 0 saturated carbocycles. The average molecular weight is 427 g/mol. The fraction of sp³-hybridized carbons (Fsp3) is 0.235. The Hall–Kier alpha value is -2.06. The van der Waals surface area contributed by atoms with Crippen LogP contribution in [0.15, 0.2) is 44.8 Å². The summed E-state index contributed by atoms with van der Waals surface area (Å²) < 4.78 is 35.9. The van der Waals surface area contributed by atoms with Gasteiger partial charge in [-0.15, -0.1) is 0 Å². The third kappa shape index (κ3) is 4.52. The Morgan fingerprint density at radius 3 is 2.44 bits per heavy atom. The minimum absolute atomic E-state index is 0.198. The number of ether oxygens (including phenoxy) is 2. The molecule has 25 heavy (non-hydrogen) atoms. The first-order valence-electron chi connectivity index (χ1n) is 7.32. The van der Waals surface area contributed by atoms with Crippen molar-refractivity contribution in [1.29, 1.82) is 0 Å². The van der Waals surface area contributed by atoms with E-state index in [2.05, 4.69) is 25.9 Å². The van der Waals surface area contributed by atoms with Crippen LogP contribution in [-0.4, -0.2) is 28.9 Å². The van der Waals surface area contributed by atoms with Crippen molar-refractivity contribution in [3.63, 3.8) is 0 Å². The van der Waals surface area contributed by atoms with Crippen LogP contribution in [0.1, 0.15) is 16.7 Å². The van der Waals surface area contributed by atoms with Gasteiger partial charge in [0.1, 0.15) is 0 Å². The number of aryl methyl sites for hydroxylation is 2. The topological polar surface area (TPSA) is 77.0 Å². The number of sulfonamides is 1. The molecule has 0 atom stereocenters. The number of hydrogen-bond donors (Lipinski definition) is 1. The lowest BCUT2D eigenvalue weighted by Gasteiger charge is -2.10. The minimum atomic E-state index is -3.73. The summed E-state index contributed by atoms with van der Waals surface area (Å²) in [5.74, 6) is 1.06. The number of hydrogen-bond acceptors (Lipinski definition) is 5. The Balaban J connectivity index is 2.24. The lowest BCUT2D eigenvalue weighted by atomic mass is 10.2. The van der Waals surface area contributed by atoms with Crippen molar-refractivity contribution in [1.82, 2.24) is 4.83 Å². The minimum Gasteiger partial charge on any atom is -0.493 e. The van der Waals surface area contributed by atoms with Gasteiger partial charge in [0.15, 0.2) is 11.5 Å². The Kier molecular flexibility index (Phi) is 6.07. The van der Waals surface area contributed by atoms with Gasteiger partial charge in [0.25, 0.3) is 10.0 Å². The van der Waals surface area contributed by atoms with Gasteiger partial charge < -0.3 is 9.47 Å². The van der Waals surface area contributed by atoms with Crippen molar-refractivity contribution in [3.8, 4) is 11.5 Å². The van der Waals surface area contributed by atoms with E-state index < -0.39 is 10.0 Å². The highest BCUT2D eigenvalue weighted by molar-refractivity contribution is 9.10. The van der Waals surface area contributed by atoms with E-state index >= 15 is 0 Å². The Bertz CT molecular complexity index is 911. The van der Waals surface area contributed by atoms with Gasteiger partial charge in [0.2, 0.25) is 0 Å². The maximum atomic E-state index is 12.4. The van der Waals surface area contributed by atoms with Gasteiger partial charge in [-0.3, -0.25) is 0 Å². The van der Waals surface area contributed by atoms with Gasteiger partial charge in [-0.25, -0.2) is 4.83 Å². The number of rotatable bonds is 6. The van der Waals surface area contributed by atoms with Crippen LogP contribution in [0.2, 0.25) is 0 Å². The van der Waals surface area contributed by atoms with Gasteiger partial charge in [-0.05, 0) is 59.1 Å². The van der Waals surface area contributed by atoms with Crippen LogP contribution in [0.3, 0.4) is 0 Å². The molecule has 0 aliphatic rings. The van der Waals surface area contributed by atoms with Gasteiger partial charge >= 0.3 is 0 Å². The summed E-state index contributed by atoms with van der Waals surface area (Å²) in [6.07, 6.45) is 1.40. The molecule has 0 aliphatic carbocycles. The molecule has 2 aromatic rings. The van der Waals surface area contributed by atoms with Crippen molar-refractivity contribution in [3.05, 3.63) is 51.5 Å². The number of halogens is 1. The summed E-state index contributed by atoms with van der Waals surface area (Å²) in [5, 5.41) is 3.85. The van der Waals surface area contributed by atoms with Gasteiger partial charge in [0.05, 0.1) is 29.8 Å². The molecule has 0 saturated heterocycles. The zero-order valence-electron chi connectivity index (χ0n) is 14.3. The van der Waals surface area contributed by atoms with E-state index in [0.717, 1.165) is 5.56 Å². The maximum Gasteiger partial charge on any atom is 0.276 e. The maximum absolute atomic E-state index is 12.4. The Morgan fingerprint density at radius 1 is 1.12 bits per heavy atom. The predicted molar refractivity (Wildman–Crippen MR) is 101 cm³/mol. The summed E-state index contributed by atoms with van der Waals surface area (Å²) in [6.45, 7) is 3.65. The molecule has 6 nitrogen and oxygen atoms in total. The third-order valence-corrected chi connectivity index (χ3v) is 5.43. The first-order chi connectivity index (χ1) is 11.8. The summed E-state index contributed by atoms with van der Waals surface area (Å²) in [5.41, 5.74) is 2.31. The van der Waals surface area contributed by atoms with Crippen LogP contribution >= 0.6 is 15.9 Å². The second kappa shape index (κ2) is 7.88. The molecule has 0 bridgehead atoms. The van der Waals surface area contributed by atoms with Crippen molar-refractivity contribution in [2.24, 2.45) is 5.10 Å². The van der Waals surface area contributed by atoms with Crippen LogP contribution in [0.5, 0.6) is 11.5 Å². The van der Waals surface area contributed by atoms with Crippen LogP contribution < -0.4 is 14.3 Å². The highest BCUT2D eigenvalue weighted by atomic mass is 79.9. The Morgan fingerprint density at radius 2 is 1.84 bits per heavy atom. The smallest absolute Gasteiger partial charge is 0.276 e. The molecule has 0 heterocycles. The molecule has 0 unspecified atom stereocenters. The SMILES string of the molecule is COc1cc(/C=N/NS(=O)(=O)c2ccc(C)cc2C)cc(Br)c1OC. The Labute approximate surface area is 156 Å². The van der Waals surface area contributed by atoms with Crippen LogP contribution in [-0.2, 0) is 10.0 Å². The zero-order valence-corrected chi connectivity index (χ0v) is 16.7. The van der Waals surface area contributed by atoms with E-state index in [-0.39, 0.29) is 4.90 Å². The normalized spacial score (nSPS) is 11.6. The van der Waals surface area contributed by atoms with Gasteiger partial charge in [-0.1, -0.05) is 17.7 Å². The molecule has 1 N–H and O–H groups in total. The predicted octanol–water partition coefficient (Wildman–Crippen LogP) is 3.40. The highest BCUT2D eigenvalue weighted by Gasteiger charge is 2.15. The lowest BCUT2D eigenvalue weighted by molar-refractivity contribution is 0.353. The second-order valence-electron chi connectivity index (χ2n) is 5.36. The number of hydrazone groups is 1. The van der Waals surface area contributed by atoms with Crippen LogP contribution in [0.25, 0.3) is 0 Å². The summed E-state index contributed by atoms with van der Waals surface area (Å²) >= 11 is 3.38. The van der Waals surface area contributed by atoms with E-state index in [1.165, 1.54) is 20.4 Å². The molecular formula is C17H19BrN2O4S. The van der Waals surface area contributed by atoms with E-state index in [1.54, 1.807) is 31.2 Å². The van der Waals surface area contributed by atoms with E-state index in [1.807, 2.05) is 13.0 Å². The van der Waals surface area contributed by atoms with E-state index in [0.29, 0.717) is 27.1 Å². The van der Waals surface area contributed by atoms with Crippen molar-refractivity contribution in [2.45, 2.75) is 18.7 Å². The van der Waals surface area contributed by atoms with E-state index in [9.17, 15) is 8.42 Å². The number of benzene rings is 2. The molecule has 2 rings (SSSR count). The van der Waals surface area contributed by atoms with Gasteiger partial charge in [0, 0.05) is 0 Å². The van der Waals surface area contributed by atoms with Crippen LogP contribution in [0.4, 0.5) is 0 Å². The molecule has 0 amide bonds. The molecule has 0 spiro atoms.